The summed E-state index contributed by atoms with van der Waals surface area (Å²) in [6, 6.07) is 3.61. The van der Waals surface area contributed by atoms with E-state index in [0.29, 0.717) is 11.7 Å². The minimum absolute atomic E-state index is 0.473. The van der Waals surface area contributed by atoms with Gasteiger partial charge < -0.3 is 4.90 Å². The molecule has 0 saturated heterocycles. The molecule has 1 amide bonds. The van der Waals surface area contributed by atoms with E-state index in [4.69, 9.17) is 11.6 Å². The molecule has 0 aliphatic rings. The number of pyridine rings is 1. The third kappa shape index (κ3) is 4.53. The summed E-state index contributed by atoms with van der Waals surface area (Å²) in [6.07, 6.45) is 4.58. The Morgan fingerprint density at radius 1 is 1.60 bits per heavy atom. The molecule has 0 fully saturated rings. The molecule has 0 aliphatic carbocycles. The predicted octanol–water partition coefficient (Wildman–Crippen LogP) is 2.06. The molecule has 1 aromatic rings. The monoisotopic (exact) mass is 244 g/mol. The molecular formula is C10H13ClN2OS. The highest BCUT2D eigenvalue weighted by Gasteiger charge is 2.02. The van der Waals surface area contributed by atoms with Gasteiger partial charge in [-0.1, -0.05) is 17.7 Å². The van der Waals surface area contributed by atoms with Gasteiger partial charge in [-0.05, 0) is 17.9 Å². The van der Waals surface area contributed by atoms with Crippen LogP contribution < -0.4 is 0 Å². The molecule has 0 spiro atoms. The highest BCUT2D eigenvalue weighted by atomic mass is 35.5. The summed E-state index contributed by atoms with van der Waals surface area (Å²) >= 11 is 7.39. The van der Waals surface area contributed by atoms with Crippen molar-refractivity contribution in [2.75, 3.05) is 18.6 Å². The second kappa shape index (κ2) is 6.69. The maximum absolute atomic E-state index is 10.8. The molecule has 0 atom stereocenters. The van der Waals surface area contributed by atoms with Crippen LogP contribution in [0.4, 0.5) is 0 Å². The molecule has 1 aromatic heterocycles. The second-order valence-corrected chi connectivity index (χ2v) is 4.43. The van der Waals surface area contributed by atoms with Gasteiger partial charge in [-0.2, -0.15) is 11.8 Å². The highest BCUT2D eigenvalue weighted by molar-refractivity contribution is 7.98. The van der Waals surface area contributed by atoms with Gasteiger partial charge in [0, 0.05) is 25.0 Å². The molecule has 0 aliphatic heterocycles. The predicted molar refractivity (Wildman–Crippen MR) is 64.1 cm³/mol. The molecule has 0 bridgehead atoms. The smallest absolute Gasteiger partial charge is 0.210 e. The average molecular weight is 245 g/mol. The Morgan fingerprint density at radius 3 is 2.93 bits per heavy atom. The molecule has 1 rings (SSSR count). The summed E-state index contributed by atoms with van der Waals surface area (Å²) in [5.74, 6) is 0.944. The van der Waals surface area contributed by atoms with Crippen molar-refractivity contribution in [1.82, 2.24) is 9.88 Å². The van der Waals surface area contributed by atoms with Gasteiger partial charge in [0.2, 0.25) is 6.41 Å². The molecule has 0 radical (unpaired) electrons. The van der Waals surface area contributed by atoms with Crippen LogP contribution in [0.5, 0.6) is 0 Å². The van der Waals surface area contributed by atoms with Crippen LogP contribution in [-0.2, 0) is 11.3 Å². The number of carbonyl (C=O) groups is 1. The minimum atomic E-state index is 0.473. The first-order chi connectivity index (χ1) is 7.26. The van der Waals surface area contributed by atoms with Crippen LogP contribution in [0.25, 0.3) is 0 Å². The lowest BCUT2D eigenvalue weighted by molar-refractivity contribution is -0.118. The van der Waals surface area contributed by atoms with E-state index in [9.17, 15) is 4.79 Å². The molecule has 82 valence electrons. The van der Waals surface area contributed by atoms with Crippen molar-refractivity contribution in [2.45, 2.75) is 6.54 Å². The molecule has 0 aromatic carbocycles. The lowest BCUT2D eigenvalue weighted by Gasteiger charge is -2.16. The van der Waals surface area contributed by atoms with E-state index in [1.54, 1.807) is 28.9 Å². The summed E-state index contributed by atoms with van der Waals surface area (Å²) in [5.41, 5.74) is 0.993. The van der Waals surface area contributed by atoms with Crippen LogP contribution in [0.15, 0.2) is 18.3 Å². The summed E-state index contributed by atoms with van der Waals surface area (Å²) < 4.78 is 0. The van der Waals surface area contributed by atoms with Gasteiger partial charge in [-0.15, -0.1) is 0 Å². The third-order valence-corrected chi connectivity index (χ3v) is 2.72. The van der Waals surface area contributed by atoms with Crippen LogP contribution in [0.3, 0.4) is 0 Å². The van der Waals surface area contributed by atoms with E-state index in [0.717, 1.165) is 24.3 Å². The molecule has 1 heterocycles. The number of halogens is 1. The number of hydrogen-bond donors (Lipinski definition) is 0. The van der Waals surface area contributed by atoms with Crippen LogP contribution in [0.2, 0.25) is 5.15 Å². The van der Waals surface area contributed by atoms with Crippen molar-refractivity contribution in [2.24, 2.45) is 0 Å². The summed E-state index contributed by atoms with van der Waals surface area (Å²) in [7, 11) is 0. The van der Waals surface area contributed by atoms with Gasteiger partial charge in [0.25, 0.3) is 0 Å². The van der Waals surface area contributed by atoms with E-state index in [1.807, 2.05) is 12.3 Å². The molecule has 15 heavy (non-hydrogen) atoms. The number of thioether (sulfide) groups is 1. The normalized spacial score (nSPS) is 10.0. The third-order valence-electron chi connectivity index (χ3n) is 1.91. The van der Waals surface area contributed by atoms with E-state index in [-0.39, 0.29) is 0 Å². The standard InChI is InChI=1S/C10H13ClN2OS/c1-15-5-4-13(8-14)7-9-2-3-10(11)12-6-9/h2-3,6,8H,4-5,7H2,1H3. The molecule has 0 saturated carbocycles. The Morgan fingerprint density at radius 2 is 2.40 bits per heavy atom. The number of amides is 1. The van der Waals surface area contributed by atoms with E-state index in [2.05, 4.69) is 4.98 Å². The van der Waals surface area contributed by atoms with Crippen molar-refractivity contribution < 1.29 is 4.79 Å². The van der Waals surface area contributed by atoms with Crippen LogP contribution >= 0.6 is 23.4 Å². The maximum atomic E-state index is 10.8. The van der Waals surface area contributed by atoms with Gasteiger partial charge in [-0.3, -0.25) is 4.79 Å². The Balaban J connectivity index is 2.50. The number of carbonyl (C=O) groups excluding carboxylic acids is 1. The Hall–Kier alpha value is -0.740. The van der Waals surface area contributed by atoms with Crippen LogP contribution in [0, 0.1) is 0 Å². The lowest BCUT2D eigenvalue weighted by Crippen LogP contribution is -2.24. The second-order valence-electron chi connectivity index (χ2n) is 3.06. The Bertz CT molecular complexity index is 305. The molecule has 5 heteroatoms. The van der Waals surface area contributed by atoms with Gasteiger partial charge in [0.15, 0.2) is 0 Å². The first-order valence-corrected chi connectivity index (χ1v) is 6.32. The number of nitrogens with zero attached hydrogens (tertiary/aromatic N) is 2. The largest absolute Gasteiger partial charge is 0.340 e. The maximum Gasteiger partial charge on any atom is 0.210 e. The zero-order valence-corrected chi connectivity index (χ0v) is 10.1. The SMILES string of the molecule is CSCCN(C=O)Cc1ccc(Cl)nc1. The van der Waals surface area contributed by atoms with Crippen molar-refractivity contribution in [1.29, 1.82) is 0 Å². The zero-order valence-electron chi connectivity index (χ0n) is 8.52. The molecular weight excluding hydrogens is 232 g/mol. The van der Waals surface area contributed by atoms with Gasteiger partial charge in [0.05, 0.1) is 0 Å². The van der Waals surface area contributed by atoms with Gasteiger partial charge in [-0.25, -0.2) is 4.98 Å². The summed E-state index contributed by atoms with van der Waals surface area (Å²) in [6.45, 7) is 1.35. The summed E-state index contributed by atoms with van der Waals surface area (Å²) in [5, 5.41) is 0.473. The molecule has 3 nitrogen and oxygen atoms in total. The Labute approximate surface area is 98.8 Å². The van der Waals surface area contributed by atoms with Crippen molar-refractivity contribution in [3.8, 4) is 0 Å². The quantitative estimate of drug-likeness (QED) is 0.567. The first-order valence-electron chi connectivity index (χ1n) is 4.55. The minimum Gasteiger partial charge on any atom is -0.340 e. The average Bonchev–Trinajstić information content (AvgIpc) is 2.27. The molecule has 0 unspecified atom stereocenters. The fourth-order valence-electron chi connectivity index (χ4n) is 1.11. The fourth-order valence-corrected chi connectivity index (χ4v) is 1.64. The van der Waals surface area contributed by atoms with Gasteiger partial charge in [0.1, 0.15) is 5.15 Å². The van der Waals surface area contributed by atoms with Gasteiger partial charge >= 0.3 is 0 Å². The number of aromatic nitrogens is 1. The molecule has 0 N–H and O–H groups in total. The Kier molecular flexibility index (Phi) is 5.50. The van der Waals surface area contributed by atoms with Crippen molar-refractivity contribution in [3.05, 3.63) is 29.0 Å². The van der Waals surface area contributed by atoms with Crippen LogP contribution in [0.1, 0.15) is 5.56 Å². The fraction of sp³-hybridized carbons (Fsp3) is 0.400. The number of rotatable bonds is 6. The lowest BCUT2D eigenvalue weighted by atomic mass is 10.3. The highest BCUT2D eigenvalue weighted by Crippen LogP contribution is 2.07. The summed E-state index contributed by atoms with van der Waals surface area (Å²) in [4.78, 5) is 16.4. The first kappa shape index (κ1) is 12.3. The van der Waals surface area contributed by atoms with E-state index < -0.39 is 0 Å². The van der Waals surface area contributed by atoms with Crippen molar-refractivity contribution >= 4 is 29.8 Å². The zero-order chi connectivity index (χ0) is 11.1. The van der Waals surface area contributed by atoms with E-state index in [1.165, 1.54) is 0 Å². The van der Waals surface area contributed by atoms with Crippen molar-refractivity contribution in [3.63, 3.8) is 0 Å². The topological polar surface area (TPSA) is 33.2 Å². The van der Waals surface area contributed by atoms with E-state index >= 15 is 0 Å². The number of hydrogen-bond acceptors (Lipinski definition) is 3. The van der Waals surface area contributed by atoms with Crippen LogP contribution in [-0.4, -0.2) is 34.8 Å².